The van der Waals surface area contributed by atoms with E-state index in [1.54, 1.807) is 31.3 Å². The van der Waals surface area contributed by atoms with Crippen LogP contribution in [0.25, 0.3) is 0 Å². The number of carbonyl (C=O) groups is 3. The van der Waals surface area contributed by atoms with Gasteiger partial charge >= 0.3 is 5.97 Å². The number of rotatable bonds is 9. The smallest absolute Gasteiger partial charge is 0.341 e. The first-order valence-electron chi connectivity index (χ1n) is 7.80. The van der Waals surface area contributed by atoms with Crippen molar-refractivity contribution in [3.8, 4) is 5.75 Å². The maximum atomic E-state index is 12.1. The van der Waals surface area contributed by atoms with E-state index in [4.69, 9.17) is 9.84 Å². The van der Waals surface area contributed by atoms with Crippen LogP contribution in [-0.4, -0.2) is 42.6 Å². The number of benzene rings is 1. The molecule has 0 aliphatic rings. The summed E-state index contributed by atoms with van der Waals surface area (Å²) >= 11 is 0. The molecule has 7 nitrogen and oxygen atoms in total. The molecule has 0 unspecified atom stereocenters. The number of carboxylic acids is 1. The molecule has 1 rings (SSSR count). The molecule has 7 heteroatoms. The van der Waals surface area contributed by atoms with E-state index < -0.39 is 12.6 Å². The van der Waals surface area contributed by atoms with Crippen molar-refractivity contribution in [2.45, 2.75) is 39.2 Å². The summed E-state index contributed by atoms with van der Waals surface area (Å²) in [7, 11) is 1.66. The van der Waals surface area contributed by atoms with Crippen molar-refractivity contribution in [1.82, 2.24) is 5.32 Å². The van der Waals surface area contributed by atoms with Gasteiger partial charge in [-0.1, -0.05) is 0 Å². The monoisotopic (exact) mass is 336 g/mol. The second-order valence-electron chi connectivity index (χ2n) is 5.70. The van der Waals surface area contributed by atoms with Crippen molar-refractivity contribution in [3.63, 3.8) is 0 Å². The summed E-state index contributed by atoms with van der Waals surface area (Å²) in [6, 6.07) is 6.68. The van der Waals surface area contributed by atoms with Gasteiger partial charge in [-0.25, -0.2) is 4.79 Å². The number of carbonyl (C=O) groups excluding carboxylic acids is 2. The molecular formula is C17H24N2O5. The van der Waals surface area contributed by atoms with E-state index in [1.807, 2.05) is 13.8 Å². The van der Waals surface area contributed by atoms with Crippen molar-refractivity contribution < 1.29 is 24.2 Å². The topological polar surface area (TPSA) is 95.9 Å². The highest BCUT2D eigenvalue weighted by Crippen LogP contribution is 2.19. The van der Waals surface area contributed by atoms with E-state index in [2.05, 4.69) is 5.32 Å². The summed E-state index contributed by atoms with van der Waals surface area (Å²) in [5.41, 5.74) is 0.675. The maximum absolute atomic E-state index is 12.1. The zero-order chi connectivity index (χ0) is 18.1. The normalized spacial score (nSPS) is 10.3. The third-order valence-corrected chi connectivity index (χ3v) is 3.20. The van der Waals surface area contributed by atoms with Gasteiger partial charge in [-0.05, 0) is 44.5 Å². The van der Waals surface area contributed by atoms with Crippen molar-refractivity contribution >= 4 is 23.5 Å². The Morgan fingerprint density at radius 2 is 1.79 bits per heavy atom. The summed E-state index contributed by atoms with van der Waals surface area (Å²) in [4.78, 5) is 35.6. The molecule has 0 radical (unpaired) electrons. The molecular weight excluding hydrogens is 312 g/mol. The van der Waals surface area contributed by atoms with Crippen LogP contribution in [0.3, 0.4) is 0 Å². The molecule has 0 fully saturated rings. The first-order chi connectivity index (χ1) is 11.3. The number of ether oxygens (including phenoxy) is 1. The Bertz CT molecular complexity index is 569. The Kier molecular flexibility index (Phi) is 7.74. The third kappa shape index (κ3) is 7.13. The molecule has 1 aromatic carbocycles. The van der Waals surface area contributed by atoms with Gasteiger partial charge in [0, 0.05) is 31.6 Å². The number of carboxylic acid groups (broad SMARTS) is 1. The van der Waals surface area contributed by atoms with Crippen LogP contribution in [0.1, 0.15) is 33.1 Å². The minimum atomic E-state index is -1.05. The summed E-state index contributed by atoms with van der Waals surface area (Å²) in [6.45, 7) is 3.37. The minimum Gasteiger partial charge on any atom is -0.482 e. The number of nitrogens with one attached hydrogen (secondary N) is 1. The largest absolute Gasteiger partial charge is 0.482 e. The van der Waals surface area contributed by atoms with Gasteiger partial charge in [0.2, 0.25) is 11.8 Å². The molecule has 0 heterocycles. The fraction of sp³-hybridized carbons (Fsp3) is 0.471. The average Bonchev–Trinajstić information content (AvgIpc) is 2.51. The summed E-state index contributed by atoms with van der Waals surface area (Å²) in [5.74, 6) is -0.771. The van der Waals surface area contributed by atoms with E-state index >= 15 is 0 Å². The summed E-state index contributed by atoms with van der Waals surface area (Å²) < 4.78 is 5.04. The van der Waals surface area contributed by atoms with Crippen LogP contribution in [-0.2, 0) is 14.4 Å². The first-order valence-corrected chi connectivity index (χ1v) is 7.80. The second kappa shape index (κ2) is 9.54. The molecule has 0 spiro atoms. The van der Waals surface area contributed by atoms with Crippen molar-refractivity contribution in [2.24, 2.45) is 0 Å². The molecule has 1 aromatic rings. The predicted molar refractivity (Wildman–Crippen MR) is 90.1 cm³/mol. The zero-order valence-corrected chi connectivity index (χ0v) is 14.2. The highest BCUT2D eigenvalue weighted by atomic mass is 16.5. The number of anilines is 1. The number of hydrogen-bond acceptors (Lipinski definition) is 4. The van der Waals surface area contributed by atoms with Crippen molar-refractivity contribution in [1.29, 1.82) is 0 Å². The van der Waals surface area contributed by atoms with Gasteiger partial charge in [-0.2, -0.15) is 0 Å². The Morgan fingerprint density at radius 3 is 2.33 bits per heavy atom. The Morgan fingerprint density at radius 1 is 1.17 bits per heavy atom. The van der Waals surface area contributed by atoms with Crippen LogP contribution in [0, 0.1) is 0 Å². The van der Waals surface area contributed by atoms with E-state index in [-0.39, 0.29) is 24.3 Å². The molecule has 0 bridgehead atoms. The highest BCUT2D eigenvalue weighted by molar-refractivity contribution is 5.93. The van der Waals surface area contributed by atoms with Crippen LogP contribution in [0.5, 0.6) is 5.75 Å². The van der Waals surface area contributed by atoms with Gasteiger partial charge in [-0.3, -0.25) is 9.59 Å². The fourth-order valence-corrected chi connectivity index (χ4v) is 2.02. The molecule has 2 N–H and O–H groups in total. The van der Waals surface area contributed by atoms with Gasteiger partial charge in [-0.15, -0.1) is 0 Å². The molecule has 0 saturated heterocycles. The molecule has 0 saturated carbocycles. The fourth-order valence-electron chi connectivity index (χ4n) is 2.02. The quantitative estimate of drug-likeness (QED) is 0.717. The van der Waals surface area contributed by atoms with Gasteiger partial charge < -0.3 is 20.1 Å². The van der Waals surface area contributed by atoms with Gasteiger partial charge in [0.1, 0.15) is 5.75 Å². The minimum absolute atomic E-state index is 0.0552. The lowest BCUT2D eigenvalue weighted by Crippen LogP contribution is -2.30. The Balaban J connectivity index is 2.44. The van der Waals surface area contributed by atoms with Crippen LogP contribution in [0.4, 0.5) is 5.69 Å². The van der Waals surface area contributed by atoms with Crippen LogP contribution >= 0.6 is 0 Å². The average molecular weight is 336 g/mol. The van der Waals surface area contributed by atoms with E-state index in [1.165, 1.54) is 4.90 Å². The zero-order valence-electron chi connectivity index (χ0n) is 14.2. The summed E-state index contributed by atoms with van der Waals surface area (Å²) in [6.07, 6.45) is 1.08. The molecule has 132 valence electrons. The van der Waals surface area contributed by atoms with Crippen molar-refractivity contribution in [2.75, 3.05) is 18.6 Å². The number of aliphatic carboxylic acids is 1. The SMILES string of the molecule is CC(C)NC(=O)CCCC(=O)N(C)c1ccc(OCC(=O)O)cc1. The van der Waals surface area contributed by atoms with Gasteiger partial charge in [0.05, 0.1) is 0 Å². The molecule has 0 aromatic heterocycles. The molecule has 24 heavy (non-hydrogen) atoms. The number of nitrogens with zero attached hydrogens (tertiary/aromatic N) is 1. The highest BCUT2D eigenvalue weighted by Gasteiger charge is 2.12. The van der Waals surface area contributed by atoms with E-state index in [0.717, 1.165) is 0 Å². The maximum Gasteiger partial charge on any atom is 0.341 e. The number of hydrogen-bond donors (Lipinski definition) is 2. The van der Waals surface area contributed by atoms with Crippen LogP contribution < -0.4 is 15.0 Å². The molecule has 0 aliphatic carbocycles. The summed E-state index contributed by atoms with van der Waals surface area (Å²) in [5, 5.41) is 11.3. The number of amides is 2. The Hall–Kier alpha value is -2.57. The first kappa shape index (κ1) is 19.5. The van der Waals surface area contributed by atoms with E-state index in [0.29, 0.717) is 24.3 Å². The van der Waals surface area contributed by atoms with E-state index in [9.17, 15) is 14.4 Å². The lowest BCUT2D eigenvalue weighted by Gasteiger charge is -2.18. The van der Waals surface area contributed by atoms with Crippen LogP contribution in [0.2, 0.25) is 0 Å². The van der Waals surface area contributed by atoms with Gasteiger partial charge in [0.25, 0.3) is 0 Å². The lowest BCUT2D eigenvalue weighted by atomic mass is 10.2. The second-order valence-corrected chi connectivity index (χ2v) is 5.70. The van der Waals surface area contributed by atoms with Crippen LogP contribution in [0.15, 0.2) is 24.3 Å². The Labute approximate surface area is 141 Å². The lowest BCUT2D eigenvalue weighted by molar-refractivity contribution is -0.139. The van der Waals surface area contributed by atoms with Gasteiger partial charge in [0.15, 0.2) is 6.61 Å². The predicted octanol–water partition coefficient (Wildman–Crippen LogP) is 1.81. The molecule has 0 aliphatic heterocycles. The van der Waals surface area contributed by atoms with Crippen molar-refractivity contribution in [3.05, 3.63) is 24.3 Å². The molecule has 2 amide bonds. The third-order valence-electron chi connectivity index (χ3n) is 3.20. The molecule has 0 atom stereocenters. The standard InChI is InChI=1S/C17H24N2O5/c1-12(2)18-15(20)5-4-6-16(21)19(3)13-7-9-14(10-8-13)24-11-17(22)23/h7-10,12H,4-6,11H2,1-3H3,(H,18,20)(H,22,23).